The molecule has 1 aromatic carbocycles. The average Bonchev–Trinajstić information content (AvgIpc) is 3.05. The number of carbonyl (C=O) groups excluding carboxylic acids is 2. The Labute approximate surface area is 199 Å². The van der Waals surface area contributed by atoms with Crippen molar-refractivity contribution in [3.8, 4) is 0 Å². The summed E-state index contributed by atoms with van der Waals surface area (Å²) in [5.74, 6) is 0.419. The van der Waals surface area contributed by atoms with Crippen molar-refractivity contribution in [2.75, 3.05) is 32.8 Å². The van der Waals surface area contributed by atoms with Crippen LogP contribution in [0.15, 0.2) is 29.1 Å². The molecule has 8 nitrogen and oxygen atoms in total. The molecule has 1 fully saturated rings. The summed E-state index contributed by atoms with van der Waals surface area (Å²) < 4.78 is 7.34. The number of H-pyrrole nitrogens is 1. The van der Waals surface area contributed by atoms with Crippen LogP contribution in [0.4, 0.5) is 4.79 Å². The number of rotatable bonds is 8. The second-order valence-electron chi connectivity index (χ2n) is 8.94. The Morgan fingerprint density at radius 1 is 1.06 bits per heavy atom. The second kappa shape index (κ2) is 12.0. The zero-order chi connectivity index (χ0) is 23.8. The fourth-order valence-electron chi connectivity index (χ4n) is 3.96. The van der Waals surface area contributed by atoms with E-state index in [2.05, 4.69) is 4.98 Å². The van der Waals surface area contributed by atoms with Crippen LogP contribution in [0.1, 0.15) is 46.0 Å². The molecule has 0 aliphatic carbocycles. The van der Waals surface area contributed by atoms with E-state index in [1.54, 1.807) is 15.5 Å². The van der Waals surface area contributed by atoms with Crippen molar-refractivity contribution in [3.63, 3.8) is 0 Å². The van der Waals surface area contributed by atoms with E-state index in [0.29, 0.717) is 61.8 Å². The first-order valence-electron chi connectivity index (χ1n) is 11.8. The second-order valence-corrected chi connectivity index (χ2v) is 9.32. The lowest BCUT2D eigenvalue weighted by molar-refractivity contribution is -0.131. The number of carbonyl (C=O) groups is 2. The van der Waals surface area contributed by atoms with Crippen LogP contribution in [-0.2, 0) is 16.1 Å². The molecule has 33 heavy (non-hydrogen) atoms. The van der Waals surface area contributed by atoms with Crippen LogP contribution in [0.5, 0.6) is 0 Å². The molecule has 1 aromatic heterocycles. The van der Waals surface area contributed by atoms with Gasteiger partial charge in [0.25, 0.3) is 5.56 Å². The van der Waals surface area contributed by atoms with E-state index >= 15 is 0 Å². The maximum atomic E-state index is 12.7. The van der Waals surface area contributed by atoms with Gasteiger partial charge in [0.1, 0.15) is 0 Å². The summed E-state index contributed by atoms with van der Waals surface area (Å²) in [6, 6.07) is 7.35. The maximum Gasteiger partial charge on any atom is 0.409 e. The quantitative estimate of drug-likeness (QED) is 0.462. The van der Waals surface area contributed by atoms with Gasteiger partial charge in [-0.2, -0.15) is 0 Å². The number of amides is 2. The number of aromatic nitrogens is 2. The van der Waals surface area contributed by atoms with Gasteiger partial charge in [-0.1, -0.05) is 32.4 Å². The monoisotopic (exact) mass is 474 g/mol. The standard InChI is InChI=1S/C24H34N4O4S/c1-18(2)17-32-24(31)27-13-8-12-26(15-16-27)21(29)11-4-3-7-14-28-22(30)19-9-5-6-10-20(19)25-23(28)33/h5-6,9-10,18H,3-4,7-8,11-17H2,1-2H3,(H,25,33). The smallest absolute Gasteiger partial charge is 0.409 e. The van der Waals surface area contributed by atoms with Crippen molar-refractivity contribution in [2.24, 2.45) is 5.92 Å². The topological polar surface area (TPSA) is 87.6 Å². The third-order valence-electron chi connectivity index (χ3n) is 5.81. The first kappa shape index (κ1) is 25.0. The van der Waals surface area contributed by atoms with Gasteiger partial charge in [0.05, 0.1) is 17.5 Å². The highest BCUT2D eigenvalue weighted by Crippen LogP contribution is 2.11. The van der Waals surface area contributed by atoms with E-state index in [1.807, 2.05) is 36.9 Å². The average molecular weight is 475 g/mol. The van der Waals surface area contributed by atoms with Crippen LogP contribution in [0.25, 0.3) is 10.9 Å². The summed E-state index contributed by atoms with van der Waals surface area (Å²) in [6.07, 6.45) is 3.30. The van der Waals surface area contributed by atoms with E-state index < -0.39 is 0 Å². The lowest BCUT2D eigenvalue weighted by Gasteiger charge is -2.22. The lowest BCUT2D eigenvalue weighted by Crippen LogP contribution is -2.37. The van der Waals surface area contributed by atoms with Gasteiger partial charge >= 0.3 is 6.09 Å². The molecule has 2 aromatic rings. The van der Waals surface area contributed by atoms with E-state index in [0.717, 1.165) is 31.2 Å². The molecule has 2 amide bonds. The SMILES string of the molecule is CC(C)COC(=O)N1CCCN(C(=O)CCCCCn2c(=S)[nH]c3ccccc3c2=O)CC1. The minimum Gasteiger partial charge on any atom is -0.449 e. The zero-order valence-electron chi connectivity index (χ0n) is 19.5. The first-order valence-corrected chi connectivity index (χ1v) is 12.2. The number of nitrogens with zero attached hydrogens (tertiary/aromatic N) is 3. The number of ether oxygens (including phenoxy) is 1. The Bertz CT molecular complexity index is 1080. The summed E-state index contributed by atoms with van der Waals surface area (Å²) >= 11 is 5.35. The van der Waals surface area contributed by atoms with Crippen molar-refractivity contribution in [2.45, 2.75) is 52.5 Å². The molecule has 0 bridgehead atoms. The van der Waals surface area contributed by atoms with E-state index in [4.69, 9.17) is 17.0 Å². The Morgan fingerprint density at radius 3 is 2.58 bits per heavy atom. The van der Waals surface area contributed by atoms with Crippen molar-refractivity contribution < 1.29 is 14.3 Å². The van der Waals surface area contributed by atoms with Crippen LogP contribution in [0.3, 0.4) is 0 Å². The van der Waals surface area contributed by atoms with Crippen LogP contribution >= 0.6 is 12.2 Å². The molecule has 0 unspecified atom stereocenters. The number of fused-ring (bicyclic) bond motifs is 1. The van der Waals surface area contributed by atoms with Gasteiger partial charge in [0.2, 0.25) is 5.91 Å². The van der Waals surface area contributed by atoms with Gasteiger partial charge in [-0.3, -0.25) is 14.2 Å². The van der Waals surface area contributed by atoms with Gasteiger partial charge in [-0.05, 0) is 49.5 Å². The van der Waals surface area contributed by atoms with Crippen LogP contribution in [-0.4, -0.2) is 64.1 Å². The van der Waals surface area contributed by atoms with Crippen molar-refractivity contribution >= 4 is 35.1 Å². The molecular weight excluding hydrogens is 440 g/mol. The number of hydrogen-bond donors (Lipinski definition) is 1. The van der Waals surface area contributed by atoms with Gasteiger partial charge in [-0.25, -0.2) is 4.79 Å². The largest absolute Gasteiger partial charge is 0.449 e. The number of unbranched alkanes of at least 4 members (excludes halogenated alkanes) is 2. The van der Waals surface area contributed by atoms with E-state index in [9.17, 15) is 14.4 Å². The molecule has 1 aliphatic heterocycles. The molecule has 1 aliphatic rings. The summed E-state index contributed by atoms with van der Waals surface area (Å²) in [5, 5.41) is 0.629. The Balaban J connectivity index is 1.41. The highest BCUT2D eigenvalue weighted by Gasteiger charge is 2.22. The Kier molecular flexibility index (Phi) is 9.05. The number of hydrogen-bond acceptors (Lipinski definition) is 5. The highest BCUT2D eigenvalue weighted by molar-refractivity contribution is 7.71. The van der Waals surface area contributed by atoms with Gasteiger partial charge in [0, 0.05) is 39.1 Å². The molecule has 1 N–H and O–H groups in total. The first-order chi connectivity index (χ1) is 15.9. The molecule has 0 saturated carbocycles. The fraction of sp³-hybridized carbons (Fsp3) is 0.583. The maximum absolute atomic E-state index is 12.7. The molecule has 0 radical (unpaired) electrons. The molecule has 1 saturated heterocycles. The van der Waals surface area contributed by atoms with Crippen molar-refractivity contribution in [3.05, 3.63) is 39.4 Å². The Morgan fingerprint density at radius 2 is 1.79 bits per heavy atom. The minimum absolute atomic E-state index is 0.0773. The third kappa shape index (κ3) is 6.90. The lowest BCUT2D eigenvalue weighted by atomic mass is 10.1. The third-order valence-corrected chi connectivity index (χ3v) is 6.13. The number of para-hydroxylation sites is 1. The number of aromatic amines is 1. The van der Waals surface area contributed by atoms with E-state index in [-0.39, 0.29) is 17.6 Å². The summed E-state index contributed by atoms with van der Waals surface area (Å²) in [5.41, 5.74) is 0.671. The zero-order valence-corrected chi connectivity index (χ0v) is 20.4. The van der Waals surface area contributed by atoms with Crippen LogP contribution in [0.2, 0.25) is 0 Å². The van der Waals surface area contributed by atoms with E-state index in [1.165, 1.54) is 0 Å². The molecule has 9 heteroatoms. The molecular formula is C24H34N4O4S. The highest BCUT2D eigenvalue weighted by atomic mass is 32.1. The predicted octanol–water partition coefficient (Wildman–Crippen LogP) is 3.95. The Hall–Kier alpha value is -2.68. The van der Waals surface area contributed by atoms with Gasteiger partial charge < -0.3 is 19.5 Å². The predicted molar refractivity (Wildman–Crippen MR) is 131 cm³/mol. The van der Waals surface area contributed by atoms with Gasteiger partial charge in [-0.15, -0.1) is 0 Å². The summed E-state index contributed by atoms with van der Waals surface area (Å²) in [7, 11) is 0. The van der Waals surface area contributed by atoms with Crippen molar-refractivity contribution in [1.29, 1.82) is 0 Å². The molecule has 2 heterocycles. The van der Waals surface area contributed by atoms with Gasteiger partial charge in [0.15, 0.2) is 4.77 Å². The molecule has 0 atom stereocenters. The molecule has 3 rings (SSSR count). The molecule has 0 spiro atoms. The van der Waals surface area contributed by atoms with Crippen LogP contribution in [0, 0.1) is 10.7 Å². The summed E-state index contributed by atoms with van der Waals surface area (Å²) in [4.78, 5) is 44.2. The van der Waals surface area contributed by atoms with Crippen molar-refractivity contribution in [1.82, 2.24) is 19.4 Å². The normalized spacial score (nSPS) is 14.5. The van der Waals surface area contributed by atoms with Crippen LogP contribution < -0.4 is 5.56 Å². The number of benzene rings is 1. The minimum atomic E-state index is -0.291. The number of nitrogens with one attached hydrogen (secondary N) is 1. The summed E-state index contributed by atoms with van der Waals surface area (Å²) in [6.45, 7) is 7.27. The fourth-order valence-corrected chi connectivity index (χ4v) is 4.25. The molecule has 180 valence electrons.